The molecule has 1 saturated heterocycles. The topological polar surface area (TPSA) is 67.6 Å². The average Bonchev–Trinajstić information content (AvgIpc) is 2.75. The second kappa shape index (κ2) is 5.97. The van der Waals surface area contributed by atoms with Gasteiger partial charge >= 0.3 is 0 Å². The zero-order chi connectivity index (χ0) is 13.0. The number of carbonyl (C=O) groups excluding carboxylic acids is 1. The van der Waals surface area contributed by atoms with Crippen LogP contribution in [-0.2, 0) is 9.53 Å². The average molecular weight is 253 g/mol. The lowest BCUT2D eigenvalue weighted by Gasteiger charge is -2.30. The quantitative estimate of drug-likeness (QED) is 0.868. The number of rotatable bonds is 4. The Bertz CT molecular complexity index is 397. The largest absolute Gasteiger partial charge is 0.381 e. The number of likely N-dealkylation sites (tertiary alicyclic amines) is 1. The molecule has 18 heavy (non-hydrogen) atoms. The van der Waals surface area contributed by atoms with Crippen molar-refractivity contribution < 1.29 is 14.1 Å². The van der Waals surface area contributed by atoms with E-state index in [2.05, 4.69) is 15.4 Å². The van der Waals surface area contributed by atoms with Crippen LogP contribution in [0.5, 0.6) is 0 Å². The standard InChI is InChI=1S/C12H19N3O3/c1-9-7-11(14-18-9)13-12(16)8-15-5-3-10(17-2)4-6-15/h7,10H,3-6,8H2,1-2H3,(H,13,14,16). The van der Waals surface area contributed by atoms with Crippen molar-refractivity contribution >= 4 is 11.7 Å². The fourth-order valence-electron chi connectivity index (χ4n) is 2.11. The molecule has 1 fully saturated rings. The summed E-state index contributed by atoms with van der Waals surface area (Å²) < 4.78 is 10.2. The number of aromatic nitrogens is 1. The van der Waals surface area contributed by atoms with Crippen molar-refractivity contribution in [2.75, 3.05) is 32.1 Å². The zero-order valence-electron chi connectivity index (χ0n) is 10.8. The van der Waals surface area contributed by atoms with Crippen molar-refractivity contribution in [3.05, 3.63) is 11.8 Å². The molecular weight excluding hydrogens is 234 g/mol. The first-order valence-corrected chi connectivity index (χ1v) is 6.15. The number of nitrogens with one attached hydrogen (secondary N) is 1. The SMILES string of the molecule is COC1CCN(CC(=O)Nc2cc(C)on2)CC1. The van der Waals surface area contributed by atoms with Crippen molar-refractivity contribution in [2.24, 2.45) is 0 Å². The molecule has 0 spiro atoms. The summed E-state index contributed by atoms with van der Waals surface area (Å²) in [6.07, 6.45) is 2.29. The molecular formula is C12H19N3O3. The van der Waals surface area contributed by atoms with Crippen LogP contribution in [0.25, 0.3) is 0 Å². The van der Waals surface area contributed by atoms with E-state index < -0.39 is 0 Å². The second-order valence-corrected chi connectivity index (χ2v) is 4.58. The first kappa shape index (κ1) is 13.0. The van der Waals surface area contributed by atoms with Gasteiger partial charge in [-0.1, -0.05) is 5.16 Å². The number of amides is 1. The van der Waals surface area contributed by atoms with Crippen LogP contribution in [0, 0.1) is 6.92 Å². The fourth-order valence-corrected chi connectivity index (χ4v) is 2.11. The molecule has 1 aliphatic heterocycles. The minimum atomic E-state index is -0.0563. The lowest BCUT2D eigenvalue weighted by atomic mass is 10.1. The number of carbonyl (C=O) groups is 1. The third-order valence-electron chi connectivity index (χ3n) is 3.13. The molecule has 0 radical (unpaired) electrons. The molecule has 0 unspecified atom stereocenters. The number of nitrogens with zero attached hydrogens (tertiary/aromatic N) is 2. The van der Waals surface area contributed by atoms with Gasteiger partial charge in [0.25, 0.3) is 0 Å². The maximum absolute atomic E-state index is 11.8. The van der Waals surface area contributed by atoms with Gasteiger partial charge in [0.2, 0.25) is 5.91 Å². The predicted molar refractivity (Wildman–Crippen MR) is 66.3 cm³/mol. The van der Waals surface area contributed by atoms with Crippen LogP contribution in [0.4, 0.5) is 5.82 Å². The van der Waals surface area contributed by atoms with Gasteiger partial charge in [-0.3, -0.25) is 9.69 Å². The number of hydrogen-bond acceptors (Lipinski definition) is 5. The summed E-state index contributed by atoms with van der Waals surface area (Å²) in [6, 6.07) is 1.70. The highest BCUT2D eigenvalue weighted by molar-refractivity contribution is 5.91. The molecule has 0 atom stereocenters. The molecule has 0 aliphatic carbocycles. The van der Waals surface area contributed by atoms with Crippen LogP contribution in [0.2, 0.25) is 0 Å². The van der Waals surface area contributed by atoms with Gasteiger partial charge in [-0.2, -0.15) is 0 Å². The van der Waals surface area contributed by atoms with E-state index in [0.717, 1.165) is 25.9 Å². The summed E-state index contributed by atoms with van der Waals surface area (Å²) in [5.41, 5.74) is 0. The highest BCUT2D eigenvalue weighted by atomic mass is 16.5. The molecule has 1 aliphatic rings. The van der Waals surface area contributed by atoms with E-state index in [-0.39, 0.29) is 5.91 Å². The lowest BCUT2D eigenvalue weighted by molar-refractivity contribution is -0.118. The van der Waals surface area contributed by atoms with Gasteiger partial charge in [0.05, 0.1) is 12.6 Å². The molecule has 2 rings (SSSR count). The Kier molecular flexibility index (Phi) is 4.33. The first-order valence-electron chi connectivity index (χ1n) is 6.15. The molecule has 0 saturated carbocycles. The Balaban J connectivity index is 1.75. The molecule has 6 heteroatoms. The highest BCUT2D eigenvalue weighted by Gasteiger charge is 2.20. The molecule has 1 amide bonds. The Hall–Kier alpha value is -1.40. The Labute approximate surface area is 106 Å². The van der Waals surface area contributed by atoms with Gasteiger partial charge in [0.1, 0.15) is 5.76 Å². The van der Waals surface area contributed by atoms with E-state index in [1.807, 2.05) is 0 Å². The zero-order valence-corrected chi connectivity index (χ0v) is 10.8. The third-order valence-corrected chi connectivity index (χ3v) is 3.13. The normalized spacial score (nSPS) is 17.9. The number of methoxy groups -OCH3 is 1. The number of ether oxygens (including phenoxy) is 1. The van der Waals surface area contributed by atoms with Gasteiger partial charge < -0.3 is 14.6 Å². The molecule has 1 aromatic rings. The number of piperidine rings is 1. The fraction of sp³-hybridized carbons (Fsp3) is 0.667. The predicted octanol–water partition coefficient (Wildman–Crippen LogP) is 1.03. The van der Waals surface area contributed by atoms with Crippen molar-refractivity contribution in [3.63, 3.8) is 0 Å². The molecule has 100 valence electrons. The van der Waals surface area contributed by atoms with Crippen LogP contribution < -0.4 is 5.32 Å². The second-order valence-electron chi connectivity index (χ2n) is 4.58. The monoisotopic (exact) mass is 253 g/mol. The van der Waals surface area contributed by atoms with E-state index in [1.165, 1.54) is 0 Å². The van der Waals surface area contributed by atoms with Crippen LogP contribution in [0.15, 0.2) is 10.6 Å². The molecule has 1 aromatic heterocycles. The van der Waals surface area contributed by atoms with Gasteiger partial charge in [0, 0.05) is 26.3 Å². The first-order chi connectivity index (χ1) is 8.67. The van der Waals surface area contributed by atoms with Crippen LogP contribution in [0.3, 0.4) is 0 Å². The molecule has 2 heterocycles. The Morgan fingerprint density at radius 3 is 2.89 bits per heavy atom. The Morgan fingerprint density at radius 1 is 1.61 bits per heavy atom. The molecule has 0 aromatic carbocycles. The molecule has 6 nitrogen and oxygen atoms in total. The summed E-state index contributed by atoms with van der Waals surface area (Å²) in [5.74, 6) is 1.11. The Morgan fingerprint density at radius 2 is 2.33 bits per heavy atom. The molecule has 1 N–H and O–H groups in total. The van der Waals surface area contributed by atoms with Crippen molar-refractivity contribution in [1.29, 1.82) is 0 Å². The van der Waals surface area contributed by atoms with E-state index in [9.17, 15) is 4.79 Å². The number of aryl methyl sites for hydroxylation is 1. The number of anilines is 1. The van der Waals surface area contributed by atoms with E-state index >= 15 is 0 Å². The van der Waals surface area contributed by atoms with Gasteiger partial charge in [-0.05, 0) is 19.8 Å². The summed E-state index contributed by atoms with van der Waals surface area (Å²) in [6.45, 7) is 3.97. The lowest BCUT2D eigenvalue weighted by Crippen LogP contribution is -2.41. The maximum atomic E-state index is 11.8. The van der Waals surface area contributed by atoms with Crippen LogP contribution in [-0.4, -0.2) is 48.8 Å². The summed E-state index contributed by atoms with van der Waals surface area (Å²) in [7, 11) is 1.74. The van der Waals surface area contributed by atoms with Crippen molar-refractivity contribution in [2.45, 2.75) is 25.9 Å². The van der Waals surface area contributed by atoms with E-state index in [4.69, 9.17) is 9.26 Å². The summed E-state index contributed by atoms with van der Waals surface area (Å²) >= 11 is 0. The summed E-state index contributed by atoms with van der Waals surface area (Å²) in [4.78, 5) is 13.9. The van der Waals surface area contributed by atoms with Crippen LogP contribution >= 0.6 is 0 Å². The van der Waals surface area contributed by atoms with Crippen molar-refractivity contribution in [3.8, 4) is 0 Å². The maximum Gasteiger partial charge on any atom is 0.239 e. The minimum Gasteiger partial charge on any atom is -0.381 e. The van der Waals surface area contributed by atoms with Gasteiger partial charge in [0.15, 0.2) is 5.82 Å². The molecule has 0 bridgehead atoms. The van der Waals surface area contributed by atoms with Crippen molar-refractivity contribution in [1.82, 2.24) is 10.1 Å². The minimum absolute atomic E-state index is 0.0563. The highest BCUT2D eigenvalue weighted by Crippen LogP contribution is 2.13. The van der Waals surface area contributed by atoms with E-state index in [0.29, 0.717) is 24.2 Å². The third kappa shape index (κ3) is 3.54. The number of hydrogen-bond donors (Lipinski definition) is 1. The van der Waals surface area contributed by atoms with E-state index in [1.54, 1.807) is 20.1 Å². The summed E-state index contributed by atoms with van der Waals surface area (Å²) in [5, 5.41) is 6.45. The van der Waals surface area contributed by atoms with Gasteiger partial charge in [-0.25, -0.2) is 0 Å². The van der Waals surface area contributed by atoms with Gasteiger partial charge in [-0.15, -0.1) is 0 Å². The van der Waals surface area contributed by atoms with Crippen LogP contribution in [0.1, 0.15) is 18.6 Å². The smallest absolute Gasteiger partial charge is 0.239 e.